The number of nitrogens with zero attached hydrogens (tertiary/aromatic N) is 1. The van der Waals surface area contributed by atoms with Gasteiger partial charge in [-0.1, -0.05) is 13.8 Å². The van der Waals surface area contributed by atoms with E-state index in [1.165, 1.54) is 13.0 Å². The van der Waals surface area contributed by atoms with Crippen molar-refractivity contribution < 1.29 is 4.74 Å². The first-order chi connectivity index (χ1) is 6.11. The molecule has 2 nitrogen and oxygen atoms in total. The summed E-state index contributed by atoms with van der Waals surface area (Å²) in [7, 11) is 0. The lowest BCUT2D eigenvalue weighted by Gasteiger charge is -2.39. The van der Waals surface area contributed by atoms with E-state index in [4.69, 9.17) is 4.74 Å². The molecule has 0 aliphatic carbocycles. The predicted octanol–water partition coefficient (Wildman–Crippen LogP) is 2.14. The molecule has 0 aromatic heterocycles. The molecule has 1 heterocycles. The molecule has 2 atom stereocenters. The lowest BCUT2D eigenvalue weighted by atomic mass is 10.1. The first-order valence-corrected chi connectivity index (χ1v) is 5.44. The highest BCUT2D eigenvalue weighted by Crippen LogP contribution is 2.14. The van der Waals surface area contributed by atoms with E-state index < -0.39 is 0 Å². The van der Waals surface area contributed by atoms with Gasteiger partial charge in [-0.2, -0.15) is 0 Å². The fourth-order valence-corrected chi connectivity index (χ4v) is 1.88. The lowest BCUT2D eigenvalue weighted by molar-refractivity contribution is -0.0381. The average molecular weight is 185 g/mol. The molecular weight excluding hydrogens is 162 g/mol. The van der Waals surface area contributed by atoms with Gasteiger partial charge < -0.3 is 4.74 Å². The highest BCUT2D eigenvalue weighted by atomic mass is 16.5. The summed E-state index contributed by atoms with van der Waals surface area (Å²) in [5.41, 5.74) is 0. The van der Waals surface area contributed by atoms with Crippen LogP contribution in [0.25, 0.3) is 0 Å². The maximum atomic E-state index is 5.49. The van der Waals surface area contributed by atoms with Crippen molar-refractivity contribution in [3.8, 4) is 0 Å². The van der Waals surface area contributed by atoms with Crippen LogP contribution in [0.4, 0.5) is 0 Å². The Morgan fingerprint density at radius 1 is 1.23 bits per heavy atom. The van der Waals surface area contributed by atoms with Gasteiger partial charge in [0.2, 0.25) is 0 Å². The minimum atomic E-state index is 0.600. The van der Waals surface area contributed by atoms with Gasteiger partial charge in [0.25, 0.3) is 0 Å². The van der Waals surface area contributed by atoms with Crippen LogP contribution in [0.2, 0.25) is 0 Å². The fraction of sp³-hybridized carbons (Fsp3) is 1.00. The SMILES string of the molecule is CC(C)CCN1C(C)COCC1C. The molecule has 0 aromatic carbocycles. The van der Waals surface area contributed by atoms with Gasteiger partial charge in [-0.05, 0) is 32.7 Å². The van der Waals surface area contributed by atoms with Crippen molar-refractivity contribution in [3.63, 3.8) is 0 Å². The summed E-state index contributed by atoms with van der Waals surface area (Å²) in [6.07, 6.45) is 1.30. The van der Waals surface area contributed by atoms with Crippen LogP contribution in [0.3, 0.4) is 0 Å². The second-order valence-electron chi connectivity index (χ2n) is 4.66. The fourth-order valence-electron chi connectivity index (χ4n) is 1.88. The zero-order chi connectivity index (χ0) is 9.84. The Kier molecular flexibility index (Phi) is 4.20. The molecule has 1 rings (SSSR count). The molecule has 0 bridgehead atoms. The zero-order valence-corrected chi connectivity index (χ0v) is 9.42. The molecule has 78 valence electrons. The Morgan fingerprint density at radius 3 is 2.23 bits per heavy atom. The van der Waals surface area contributed by atoms with Crippen molar-refractivity contribution in [2.75, 3.05) is 19.8 Å². The molecule has 1 fully saturated rings. The Labute approximate surface area is 82.3 Å². The van der Waals surface area contributed by atoms with Crippen LogP contribution in [0.1, 0.15) is 34.1 Å². The van der Waals surface area contributed by atoms with Gasteiger partial charge in [0.15, 0.2) is 0 Å². The van der Waals surface area contributed by atoms with Crippen LogP contribution in [0.15, 0.2) is 0 Å². The minimum absolute atomic E-state index is 0.600. The topological polar surface area (TPSA) is 12.5 Å². The van der Waals surface area contributed by atoms with Gasteiger partial charge in [0, 0.05) is 12.1 Å². The van der Waals surface area contributed by atoms with Crippen molar-refractivity contribution in [1.82, 2.24) is 4.90 Å². The summed E-state index contributed by atoms with van der Waals surface area (Å²) >= 11 is 0. The van der Waals surface area contributed by atoms with Gasteiger partial charge in [-0.15, -0.1) is 0 Å². The van der Waals surface area contributed by atoms with E-state index in [9.17, 15) is 0 Å². The first kappa shape index (κ1) is 11.0. The van der Waals surface area contributed by atoms with Crippen LogP contribution in [0.5, 0.6) is 0 Å². The van der Waals surface area contributed by atoms with E-state index in [0.717, 1.165) is 19.1 Å². The molecule has 2 unspecified atom stereocenters. The molecule has 2 heteroatoms. The Bertz CT molecular complexity index is 137. The standard InChI is InChI=1S/C11H23NO/c1-9(2)5-6-12-10(3)7-13-8-11(12)4/h9-11H,5-8H2,1-4H3. The molecule has 0 radical (unpaired) electrons. The Hall–Kier alpha value is -0.0800. The van der Waals surface area contributed by atoms with E-state index in [1.807, 2.05) is 0 Å². The number of ether oxygens (including phenoxy) is 1. The van der Waals surface area contributed by atoms with Crippen LogP contribution in [0, 0.1) is 5.92 Å². The summed E-state index contributed by atoms with van der Waals surface area (Å²) < 4.78 is 5.49. The van der Waals surface area contributed by atoms with Crippen LogP contribution < -0.4 is 0 Å². The second kappa shape index (κ2) is 4.97. The van der Waals surface area contributed by atoms with E-state index in [-0.39, 0.29) is 0 Å². The second-order valence-corrected chi connectivity index (χ2v) is 4.66. The summed E-state index contributed by atoms with van der Waals surface area (Å²) in [6.45, 7) is 12.1. The van der Waals surface area contributed by atoms with Crippen LogP contribution in [-0.4, -0.2) is 36.7 Å². The molecule has 0 spiro atoms. The predicted molar refractivity (Wildman–Crippen MR) is 55.9 cm³/mol. The van der Waals surface area contributed by atoms with Gasteiger partial charge in [0.1, 0.15) is 0 Å². The number of hydrogen-bond acceptors (Lipinski definition) is 2. The summed E-state index contributed by atoms with van der Waals surface area (Å²) in [5.74, 6) is 0.808. The monoisotopic (exact) mass is 185 g/mol. The minimum Gasteiger partial charge on any atom is -0.378 e. The number of morpholine rings is 1. The zero-order valence-electron chi connectivity index (χ0n) is 9.42. The molecule has 1 aliphatic heterocycles. The molecule has 0 N–H and O–H groups in total. The molecular formula is C11H23NO. The van der Waals surface area contributed by atoms with E-state index in [2.05, 4.69) is 32.6 Å². The van der Waals surface area contributed by atoms with Crippen molar-refractivity contribution in [1.29, 1.82) is 0 Å². The van der Waals surface area contributed by atoms with Gasteiger partial charge in [0.05, 0.1) is 13.2 Å². The molecule has 13 heavy (non-hydrogen) atoms. The maximum absolute atomic E-state index is 5.49. The smallest absolute Gasteiger partial charge is 0.0620 e. The van der Waals surface area contributed by atoms with Gasteiger partial charge in [-0.25, -0.2) is 0 Å². The van der Waals surface area contributed by atoms with Crippen molar-refractivity contribution in [3.05, 3.63) is 0 Å². The maximum Gasteiger partial charge on any atom is 0.0620 e. The first-order valence-electron chi connectivity index (χ1n) is 5.44. The van der Waals surface area contributed by atoms with Crippen LogP contribution >= 0.6 is 0 Å². The Morgan fingerprint density at radius 2 is 1.77 bits per heavy atom. The number of hydrogen-bond donors (Lipinski definition) is 0. The summed E-state index contributed by atoms with van der Waals surface area (Å²) in [6, 6.07) is 1.20. The molecule has 1 saturated heterocycles. The third-order valence-corrected chi connectivity index (χ3v) is 2.82. The molecule has 0 amide bonds. The molecule has 0 saturated carbocycles. The van der Waals surface area contributed by atoms with Gasteiger partial charge >= 0.3 is 0 Å². The molecule has 1 aliphatic rings. The summed E-state index contributed by atoms with van der Waals surface area (Å²) in [5, 5.41) is 0. The highest BCUT2D eigenvalue weighted by Gasteiger charge is 2.24. The van der Waals surface area contributed by atoms with Crippen LogP contribution in [-0.2, 0) is 4.74 Å². The highest BCUT2D eigenvalue weighted by molar-refractivity contribution is 4.77. The largest absolute Gasteiger partial charge is 0.378 e. The van der Waals surface area contributed by atoms with Crippen molar-refractivity contribution >= 4 is 0 Å². The normalized spacial score (nSPS) is 31.2. The van der Waals surface area contributed by atoms with Crippen molar-refractivity contribution in [2.45, 2.75) is 46.2 Å². The third-order valence-electron chi connectivity index (χ3n) is 2.82. The van der Waals surface area contributed by atoms with E-state index in [0.29, 0.717) is 12.1 Å². The number of rotatable bonds is 3. The van der Waals surface area contributed by atoms with E-state index >= 15 is 0 Å². The van der Waals surface area contributed by atoms with Gasteiger partial charge in [-0.3, -0.25) is 4.90 Å². The third kappa shape index (κ3) is 3.28. The Balaban J connectivity index is 2.35. The molecule has 0 aromatic rings. The lowest BCUT2D eigenvalue weighted by Crippen LogP contribution is -2.49. The summed E-state index contributed by atoms with van der Waals surface area (Å²) in [4.78, 5) is 2.57. The van der Waals surface area contributed by atoms with Crippen molar-refractivity contribution in [2.24, 2.45) is 5.92 Å². The quantitative estimate of drug-likeness (QED) is 0.668. The van der Waals surface area contributed by atoms with E-state index in [1.54, 1.807) is 0 Å². The average Bonchev–Trinajstić information content (AvgIpc) is 2.03.